The van der Waals surface area contributed by atoms with Crippen molar-refractivity contribution >= 4 is 65.6 Å². The van der Waals surface area contributed by atoms with E-state index in [4.69, 9.17) is 9.97 Å². The van der Waals surface area contributed by atoms with Crippen molar-refractivity contribution in [3.8, 4) is 44.5 Å². The second kappa shape index (κ2) is 17.1. The Bertz CT molecular complexity index is 4130. The number of anilines is 6. The molecule has 0 radical (unpaired) electrons. The molecule has 12 aromatic rings. The van der Waals surface area contributed by atoms with Crippen molar-refractivity contribution in [3.05, 3.63) is 276 Å². The Morgan fingerprint density at radius 3 is 1.43 bits per heavy atom. The third kappa shape index (κ3) is 6.66. The smallest absolute Gasteiger partial charge is 0.0727 e. The lowest BCUT2D eigenvalue weighted by Crippen LogP contribution is -2.26. The van der Waals surface area contributed by atoms with Crippen LogP contribution in [0.1, 0.15) is 45.0 Å². The molecule has 14 rings (SSSR count). The number of aryl methyl sites for hydroxylation is 4. The monoisotopic (exact) mass is 966 g/mol. The van der Waals surface area contributed by atoms with Crippen LogP contribution in [-0.4, -0.2) is 9.97 Å². The fourth-order valence-electron chi connectivity index (χ4n) is 12.3. The molecule has 0 saturated carbocycles. The number of rotatable bonds is 8. The Hall–Kier alpha value is -8.90. The Labute approximate surface area is 436 Å². The van der Waals surface area contributed by atoms with Gasteiger partial charge in [0, 0.05) is 54.2 Å². The van der Waals surface area contributed by atoms with Gasteiger partial charge in [-0.3, -0.25) is 9.97 Å². The highest BCUT2D eigenvalue weighted by Gasteiger charge is 2.53. The van der Waals surface area contributed by atoms with Gasteiger partial charge in [-0.1, -0.05) is 158 Å². The minimum Gasteiger partial charge on any atom is -0.309 e. The summed E-state index contributed by atoms with van der Waals surface area (Å²) in [7, 11) is 0. The van der Waals surface area contributed by atoms with Gasteiger partial charge in [0.2, 0.25) is 0 Å². The van der Waals surface area contributed by atoms with E-state index >= 15 is 0 Å². The number of benzene rings is 9. The van der Waals surface area contributed by atoms with Gasteiger partial charge in [0.15, 0.2) is 0 Å². The second-order valence-electron chi connectivity index (χ2n) is 19.8. The van der Waals surface area contributed by atoms with Gasteiger partial charge in [-0.25, -0.2) is 0 Å². The third-order valence-corrected chi connectivity index (χ3v) is 16.7. The fraction of sp³-hybridized carbons (Fsp3) is 0.0725. The molecule has 1 spiro atoms. The van der Waals surface area contributed by atoms with Crippen LogP contribution in [0, 0.1) is 27.7 Å². The average molecular weight is 967 g/mol. The van der Waals surface area contributed by atoms with Gasteiger partial charge in [-0.15, -0.1) is 11.3 Å². The first-order valence-electron chi connectivity index (χ1n) is 25.5. The van der Waals surface area contributed by atoms with Gasteiger partial charge >= 0.3 is 0 Å². The van der Waals surface area contributed by atoms with Crippen LogP contribution in [-0.2, 0) is 5.41 Å². The summed E-state index contributed by atoms with van der Waals surface area (Å²) < 4.78 is 2.54. The van der Waals surface area contributed by atoms with E-state index in [1.165, 1.54) is 86.9 Å². The number of pyridine rings is 2. The van der Waals surface area contributed by atoms with Gasteiger partial charge in [0.05, 0.1) is 33.9 Å². The second-order valence-corrected chi connectivity index (χ2v) is 20.9. The van der Waals surface area contributed by atoms with Crippen molar-refractivity contribution in [1.82, 2.24) is 9.97 Å². The van der Waals surface area contributed by atoms with E-state index in [0.29, 0.717) is 0 Å². The summed E-state index contributed by atoms with van der Waals surface area (Å²) in [5.41, 5.74) is 24.7. The molecule has 2 aliphatic rings. The summed E-state index contributed by atoms with van der Waals surface area (Å²) in [6.07, 6.45) is 0. The molecule has 5 heteroatoms. The topological polar surface area (TPSA) is 32.3 Å². The predicted molar refractivity (Wildman–Crippen MR) is 310 cm³/mol. The first kappa shape index (κ1) is 43.9. The number of thiophene rings is 1. The molecule has 0 atom stereocenters. The Morgan fingerprint density at radius 2 is 0.851 bits per heavy atom. The molecule has 0 amide bonds. The van der Waals surface area contributed by atoms with Crippen LogP contribution >= 0.6 is 11.3 Å². The Morgan fingerprint density at radius 1 is 0.365 bits per heavy atom. The third-order valence-electron chi connectivity index (χ3n) is 15.5. The molecule has 3 heterocycles. The first-order chi connectivity index (χ1) is 36.3. The van der Waals surface area contributed by atoms with E-state index < -0.39 is 5.41 Å². The molecule has 0 aliphatic heterocycles. The van der Waals surface area contributed by atoms with Crippen molar-refractivity contribution in [1.29, 1.82) is 0 Å². The summed E-state index contributed by atoms with van der Waals surface area (Å²) in [4.78, 5) is 15.1. The number of hydrogen-bond acceptors (Lipinski definition) is 5. The number of fused-ring (bicyclic) bond motifs is 14. The number of hydrogen-bond donors (Lipinski definition) is 0. The van der Waals surface area contributed by atoms with Gasteiger partial charge in [-0.2, -0.15) is 0 Å². The quantitative estimate of drug-likeness (QED) is 0.152. The zero-order valence-corrected chi connectivity index (χ0v) is 42.5. The van der Waals surface area contributed by atoms with E-state index in [0.717, 1.165) is 56.9 Å². The lowest BCUT2D eigenvalue weighted by molar-refractivity contribution is 0.794. The highest BCUT2D eigenvalue weighted by molar-refractivity contribution is 7.26. The molecular formula is C69H50N4S. The Kier molecular flexibility index (Phi) is 10.1. The van der Waals surface area contributed by atoms with Gasteiger partial charge in [0.1, 0.15) is 0 Å². The molecule has 2 aliphatic carbocycles. The summed E-state index contributed by atoms with van der Waals surface area (Å²) >= 11 is 1.91. The zero-order valence-electron chi connectivity index (χ0n) is 41.6. The van der Waals surface area contributed by atoms with Crippen molar-refractivity contribution in [3.63, 3.8) is 0 Å². The zero-order chi connectivity index (χ0) is 49.7. The molecule has 0 unspecified atom stereocenters. The van der Waals surface area contributed by atoms with Crippen molar-refractivity contribution < 1.29 is 0 Å². The van der Waals surface area contributed by atoms with Crippen LogP contribution in [0.25, 0.3) is 64.7 Å². The maximum absolute atomic E-state index is 5.14. The normalized spacial score (nSPS) is 12.7. The summed E-state index contributed by atoms with van der Waals surface area (Å²) in [6.45, 7) is 8.44. The molecule has 0 N–H and O–H groups in total. The number of aromatic nitrogens is 2. The molecule has 352 valence electrons. The lowest BCUT2D eigenvalue weighted by Gasteiger charge is -2.34. The minimum atomic E-state index is -0.667. The largest absolute Gasteiger partial charge is 0.309 e. The molecule has 0 saturated heterocycles. The highest BCUT2D eigenvalue weighted by atomic mass is 32.1. The van der Waals surface area contributed by atoms with E-state index in [-0.39, 0.29) is 0 Å². The van der Waals surface area contributed by atoms with Crippen LogP contribution in [0.2, 0.25) is 0 Å². The SMILES string of the molecule is Cc1ccc(N(c2ccc(-c3ccccc3)cc2)c2ccc3c(c2)C2(c4ccccc4-c4ccccc42)c2cc(N(c4ccc(-c5ccccc5)cc4)c4ccc(C)nc4C)c4c(sc5ccccc54)c2-3)c(C)n1. The van der Waals surface area contributed by atoms with Crippen LogP contribution in [0.4, 0.5) is 34.1 Å². The highest BCUT2D eigenvalue weighted by Crippen LogP contribution is 2.66. The molecule has 3 aromatic heterocycles. The first-order valence-corrected chi connectivity index (χ1v) is 26.3. The molecule has 0 bridgehead atoms. The standard InChI is InChI=1S/C69H50N4S/c1-43-27-39-62(45(3)70-43)72(51-33-29-49(30-34-51)47-17-7-5-8-18-47)53-37-38-56-60(41-53)69(58-24-14-11-21-54(58)55-22-12-15-25-59(55)69)61-42-64(67-57-23-13-16-26-65(57)74-68(67)66(56)61)73(63-40-28-44(2)71-46(63)4)52-35-31-50(32-36-52)48-19-9-6-10-20-48/h5-42H,1-4H3. The maximum Gasteiger partial charge on any atom is 0.0727 e. The van der Waals surface area contributed by atoms with E-state index in [1.54, 1.807) is 0 Å². The maximum atomic E-state index is 5.14. The van der Waals surface area contributed by atoms with Crippen molar-refractivity contribution in [2.24, 2.45) is 0 Å². The predicted octanol–water partition coefficient (Wildman–Crippen LogP) is 18.7. The van der Waals surface area contributed by atoms with Crippen LogP contribution < -0.4 is 9.80 Å². The summed E-state index contributed by atoms with van der Waals surface area (Å²) in [6, 6.07) is 85.3. The van der Waals surface area contributed by atoms with Crippen LogP contribution in [0.5, 0.6) is 0 Å². The average Bonchev–Trinajstić information content (AvgIpc) is 4.27. The molecular weight excluding hydrogens is 917 g/mol. The summed E-state index contributed by atoms with van der Waals surface area (Å²) in [5, 5.41) is 2.48. The molecule has 4 nitrogen and oxygen atoms in total. The van der Waals surface area contributed by atoms with E-state index in [1.807, 2.05) is 11.3 Å². The van der Waals surface area contributed by atoms with E-state index in [9.17, 15) is 0 Å². The van der Waals surface area contributed by atoms with Crippen molar-refractivity contribution in [2.45, 2.75) is 33.1 Å². The summed E-state index contributed by atoms with van der Waals surface area (Å²) in [5.74, 6) is 0. The van der Waals surface area contributed by atoms with Crippen LogP contribution in [0.15, 0.2) is 231 Å². The minimum absolute atomic E-state index is 0.667. The molecule has 0 fully saturated rings. The molecule has 9 aromatic carbocycles. The van der Waals surface area contributed by atoms with Gasteiger partial charge in [0.25, 0.3) is 0 Å². The van der Waals surface area contributed by atoms with E-state index in [2.05, 4.69) is 268 Å². The Balaban J connectivity index is 1.07. The number of nitrogens with zero attached hydrogens (tertiary/aromatic N) is 4. The van der Waals surface area contributed by atoms with Crippen LogP contribution in [0.3, 0.4) is 0 Å². The van der Waals surface area contributed by atoms with Gasteiger partial charge < -0.3 is 9.80 Å². The fourth-order valence-corrected chi connectivity index (χ4v) is 13.6. The molecule has 74 heavy (non-hydrogen) atoms. The lowest BCUT2D eigenvalue weighted by atomic mass is 9.70. The van der Waals surface area contributed by atoms with Crippen molar-refractivity contribution in [2.75, 3.05) is 9.80 Å². The van der Waals surface area contributed by atoms with Gasteiger partial charge in [-0.05, 0) is 162 Å².